The molecule has 2 unspecified atom stereocenters. The summed E-state index contributed by atoms with van der Waals surface area (Å²) in [7, 11) is 1.63. The zero-order chi connectivity index (χ0) is 44.5. The van der Waals surface area contributed by atoms with E-state index >= 15 is 0 Å². The van der Waals surface area contributed by atoms with Gasteiger partial charge < -0.3 is 45.5 Å². The summed E-state index contributed by atoms with van der Waals surface area (Å²) in [4.78, 5) is 58.7. The fourth-order valence-corrected chi connectivity index (χ4v) is 9.90. The van der Waals surface area contributed by atoms with Gasteiger partial charge in [0, 0.05) is 107 Å². The first-order valence-electron chi connectivity index (χ1n) is 23.3. The Bertz CT molecular complexity index is 2250. The molecule has 2 aromatic heterocycles. The van der Waals surface area contributed by atoms with Crippen LogP contribution >= 0.6 is 0 Å². The van der Waals surface area contributed by atoms with Crippen LogP contribution in [0.15, 0.2) is 79.5 Å². The number of nitrogens with one attached hydrogen (secondary N) is 4. The number of benzene rings is 2. The first-order valence-corrected chi connectivity index (χ1v) is 23.3. The highest BCUT2D eigenvalue weighted by Crippen LogP contribution is 2.37. The number of piperidine rings is 2. The Kier molecular flexibility index (Phi) is 14.5. The minimum atomic E-state index is -0.299. The van der Waals surface area contributed by atoms with E-state index in [1.807, 2.05) is 18.2 Å². The molecule has 14 nitrogen and oxygen atoms in total. The summed E-state index contributed by atoms with van der Waals surface area (Å²) in [5, 5.41) is 12.2. The minimum Gasteiger partial charge on any atom is -0.372 e. The third kappa shape index (κ3) is 10.7. The van der Waals surface area contributed by atoms with Crippen molar-refractivity contribution >= 4 is 52.7 Å². The number of ether oxygens (including phenoxy) is 1. The zero-order valence-electron chi connectivity index (χ0n) is 37.5. The van der Waals surface area contributed by atoms with Gasteiger partial charge in [-0.15, -0.1) is 6.58 Å². The first-order chi connectivity index (χ1) is 31.2. The molecule has 5 heterocycles. The number of likely N-dealkylation sites (tertiary alicyclic amines) is 1. The van der Waals surface area contributed by atoms with Crippen LogP contribution in [0.1, 0.15) is 97.3 Å². The summed E-state index contributed by atoms with van der Waals surface area (Å²) in [5.74, 6) is 1.89. The summed E-state index contributed by atoms with van der Waals surface area (Å²) in [6.07, 6.45) is 12.5. The summed E-state index contributed by atoms with van der Waals surface area (Å²) >= 11 is 0. The Morgan fingerprint density at radius 2 is 1.77 bits per heavy atom. The van der Waals surface area contributed by atoms with Crippen molar-refractivity contribution in [3.05, 3.63) is 102 Å². The number of anilines is 6. The third-order valence-electron chi connectivity index (χ3n) is 13.8. The second kappa shape index (κ2) is 20.8. The number of nitrogens with zero attached hydrogens (tertiary/aromatic N) is 6. The second-order valence-electron chi connectivity index (χ2n) is 17.9. The van der Waals surface area contributed by atoms with Crippen LogP contribution in [-0.4, -0.2) is 110 Å². The fourth-order valence-electron chi connectivity index (χ4n) is 9.90. The number of rotatable bonds is 17. The molecule has 8 rings (SSSR count). The predicted octanol–water partition coefficient (Wildman–Crippen LogP) is 7.11. The molecule has 1 aliphatic carbocycles. The lowest BCUT2D eigenvalue weighted by atomic mass is 9.87. The van der Waals surface area contributed by atoms with E-state index in [1.54, 1.807) is 19.3 Å². The molecule has 0 saturated carbocycles. The predicted molar refractivity (Wildman–Crippen MR) is 253 cm³/mol. The van der Waals surface area contributed by atoms with Gasteiger partial charge in [-0.2, -0.15) is 4.98 Å². The van der Waals surface area contributed by atoms with Crippen molar-refractivity contribution in [1.29, 1.82) is 0 Å². The summed E-state index contributed by atoms with van der Waals surface area (Å²) < 4.78 is 6.54. The number of carbonyl (C=O) groups excluding carboxylic acids is 3. The van der Waals surface area contributed by atoms with Crippen LogP contribution in [0.2, 0.25) is 0 Å². The lowest BCUT2D eigenvalue weighted by Gasteiger charge is -2.48. The Hall–Kier alpha value is -5.86. The highest BCUT2D eigenvalue weighted by atomic mass is 16.5. The molecule has 64 heavy (non-hydrogen) atoms. The average molecular weight is 869 g/mol. The second-order valence-corrected chi connectivity index (χ2v) is 17.9. The number of carbonyl (C=O) groups is 3. The summed E-state index contributed by atoms with van der Waals surface area (Å²) in [5.41, 5.74) is 6.73. The van der Waals surface area contributed by atoms with Crippen molar-refractivity contribution in [2.24, 2.45) is 5.92 Å². The number of morpholine rings is 1. The minimum absolute atomic E-state index is 0.0479. The van der Waals surface area contributed by atoms with Gasteiger partial charge in [0.25, 0.3) is 5.91 Å². The number of fused-ring (bicyclic) bond motifs is 1. The number of pyridine rings is 1. The van der Waals surface area contributed by atoms with Crippen molar-refractivity contribution in [2.75, 3.05) is 86.4 Å². The zero-order valence-corrected chi connectivity index (χ0v) is 37.5. The van der Waals surface area contributed by atoms with Gasteiger partial charge in [-0.25, -0.2) is 9.97 Å². The summed E-state index contributed by atoms with van der Waals surface area (Å²) in [6.45, 7) is 13.8. The topological polar surface area (TPSA) is 157 Å². The van der Waals surface area contributed by atoms with Crippen molar-refractivity contribution in [3.63, 3.8) is 0 Å². The van der Waals surface area contributed by atoms with Crippen molar-refractivity contribution in [2.45, 2.75) is 82.1 Å². The number of aryl methyl sites for hydroxylation is 1. The number of hydrogen-bond acceptors (Lipinski definition) is 12. The molecule has 1 spiro atoms. The van der Waals surface area contributed by atoms with E-state index in [0.717, 1.165) is 120 Å². The van der Waals surface area contributed by atoms with Crippen LogP contribution in [0.5, 0.6) is 0 Å². The van der Waals surface area contributed by atoms with Crippen LogP contribution < -0.4 is 31.1 Å². The highest BCUT2D eigenvalue weighted by Gasteiger charge is 2.40. The molecule has 14 heteroatoms. The number of amides is 2. The van der Waals surface area contributed by atoms with Crippen molar-refractivity contribution in [3.8, 4) is 0 Å². The van der Waals surface area contributed by atoms with Crippen LogP contribution in [0.25, 0.3) is 0 Å². The van der Waals surface area contributed by atoms with E-state index in [-0.39, 0.29) is 23.3 Å². The standard InChI is InChI=1S/C50H64N10O4/c1-4-23-52-48(63)43-31-53-49(57-47(43)56-44-17-11-37-10-9-36(5-2)46(37)55-44)54-40-13-15-41(16-14-40)59-24-19-35(20-25-59)32-58-26-21-50(22-27-58)34-60(28-29-64-50)42-8-6-7-38(30-42)39(33-61)12-18-45(62)51-3/h4,6-8,11,13-17,30-31,33,35-36,39H,1,5,9-10,12,18-29,32,34H2,2-3H3,(H,51,62)(H,52,63)(H2,53,54,55,56,57). The van der Waals surface area contributed by atoms with E-state index < -0.39 is 0 Å². The molecule has 0 radical (unpaired) electrons. The molecule has 338 valence electrons. The average Bonchev–Trinajstić information content (AvgIpc) is 3.75. The van der Waals surface area contributed by atoms with Gasteiger partial charge in [0.05, 0.1) is 12.2 Å². The molecule has 4 N–H and O–H groups in total. The van der Waals surface area contributed by atoms with E-state index in [9.17, 15) is 14.4 Å². The molecule has 2 amide bonds. The third-order valence-corrected chi connectivity index (χ3v) is 13.8. The largest absolute Gasteiger partial charge is 0.372 e. The van der Waals surface area contributed by atoms with Gasteiger partial charge in [0.1, 0.15) is 23.5 Å². The number of hydrogen-bond donors (Lipinski definition) is 4. The fraction of sp³-hybridized carbons (Fsp3) is 0.480. The molecule has 2 aromatic carbocycles. The molecular weight excluding hydrogens is 805 g/mol. The van der Waals surface area contributed by atoms with Gasteiger partial charge >= 0.3 is 0 Å². The number of aromatic nitrogens is 3. The molecule has 3 saturated heterocycles. The van der Waals surface area contributed by atoms with Gasteiger partial charge in [0.2, 0.25) is 11.9 Å². The lowest BCUT2D eigenvalue weighted by molar-refractivity contribution is -0.120. The van der Waals surface area contributed by atoms with Gasteiger partial charge in [0.15, 0.2) is 0 Å². The molecule has 0 bridgehead atoms. The quantitative estimate of drug-likeness (QED) is 0.0631. The van der Waals surface area contributed by atoms with Crippen LogP contribution in [0, 0.1) is 5.92 Å². The van der Waals surface area contributed by atoms with Crippen LogP contribution in [-0.2, 0) is 20.7 Å². The highest BCUT2D eigenvalue weighted by molar-refractivity contribution is 5.99. The molecule has 3 fully saturated rings. The lowest BCUT2D eigenvalue weighted by Crippen LogP contribution is -2.57. The van der Waals surface area contributed by atoms with E-state index in [4.69, 9.17) is 14.7 Å². The smallest absolute Gasteiger partial charge is 0.256 e. The van der Waals surface area contributed by atoms with Crippen LogP contribution in [0.3, 0.4) is 0 Å². The van der Waals surface area contributed by atoms with E-state index in [0.29, 0.717) is 61.0 Å². The van der Waals surface area contributed by atoms with Gasteiger partial charge in [-0.3, -0.25) is 9.59 Å². The SMILES string of the molecule is C=CCNC(=O)c1cnc(Nc2ccc(N3CCC(CN4CCC5(CC4)CN(c4cccc(C(C=O)CCC(=O)NC)c4)CCO5)CC3)cc2)nc1Nc1ccc2c(n1)C(CC)CC2. The molecule has 2 atom stereocenters. The monoisotopic (exact) mass is 869 g/mol. The van der Waals surface area contributed by atoms with Crippen molar-refractivity contribution in [1.82, 2.24) is 30.5 Å². The molecule has 4 aromatic rings. The Morgan fingerprint density at radius 3 is 2.52 bits per heavy atom. The Morgan fingerprint density at radius 1 is 0.953 bits per heavy atom. The maximum absolute atomic E-state index is 13.1. The van der Waals surface area contributed by atoms with E-state index in [2.05, 4.69) is 96.9 Å². The molecule has 4 aliphatic rings. The van der Waals surface area contributed by atoms with Gasteiger partial charge in [-0.05, 0) is 111 Å². The first kappa shape index (κ1) is 44.7. The van der Waals surface area contributed by atoms with Crippen molar-refractivity contribution < 1.29 is 19.1 Å². The van der Waals surface area contributed by atoms with E-state index in [1.165, 1.54) is 11.3 Å². The molecule has 3 aliphatic heterocycles. The van der Waals surface area contributed by atoms with Crippen LogP contribution in [0.4, 0.5) is 34.6 Å². The Labute approximate surface area is 377 Å². The summed E-state index contributed by atoms with van der Waals surface area (Å²) in [6, 6.07) is 20.8. The number of aldehydes is 1. The Balaban J connectivity index is 0.817. The van der Waals surface area contributed by atoms with Gasteiger partial charge in [-0.1, -0.05) is 31.2 Å². The molecular formula is C50H64N10O4. The maximum Gasteiger partial charge on any atom is 0.256 e. The maximum atomic E-state index is 13.1. The normalized spacial score (nSPS) is 19.1.